The van der Waals surface area contributed by atoms with Crippen LogP contribution in [0.25, 0.3) is 0 Å². The molecule has 1 N–H and O–H groups in total. The Labute approximate surface area is 130 Å². The SMILES string of the molecule is CN(CC1CCCNC1)C(=O)Cc1ccc(Cl)c(Cl)c1. The van der Waals surface area contributed by atoms with Crippen LogP contribution in [0.3, 0.4) is 0 Å². The van der Waals surface area contributed by atoms with Crippen LogP contribution >= 0.6 is 23.2 Å². The summed E-state index contributed by atoms with van der Waals surface area (Å²) in [6.45, 7) is 2.91. The number of nitrogens with one attached hydrogen (secondary N) is 1. The van der Waals surface area contributed by atoms with E-state index >= 15 is 0 Å². The summed E-state index contributed by atoms with van der Waals surface area (Å²) < 4.78 is 0. The molecule has 1 aliphatic rings. The van der Waals surface area contributed by atoms with Gasteiger partial charge in [-0.05, 0) is 49.5 Å². The van der Waals surface area contributed by atoms with Gasteiger partial charge in [-0.3, -0.25) is 4.79 Å². The topological polar surface area (TPSA) is 32.3 Å². The maximum Gasteiger partial charge on any atom is 0.226 e. The maximum absolute atomic E-state index is 12.2. The molecule has 1 heterocycles. The average Bonchev–Trinajstić information content (AvgIpc) is 2.44. The van der Waals surface area contributed by atoms with Crippen LogP contribution in [0.2, 0.25) is 10.0 Å². The molecule has 1 saturated heterocycles. The zero-order chi connectivity index (χ0) is 14.5. The lowest BCUT2D eigenvalue weighted by Crippen LogP contribution is -2.39. The van der Waals surface area contributed by atoms with Crippen LogP contribution in [-0.2, 0) is 11.2 Å². The molecule has 1 unspecified atom stereocenters. The van der Waals surface area contributed by atoms with E-state index in [1.165, 1.54) is 12.8 Å². The van der Waals surface area contributed by atoms with Crippen molar-refractivity contribution in [1.82, 2.24) is 10.2 Å². The fourth-order valence-corrected chi connectivity index (χ4v) is 2.85. The van der Waals surface area contributed by atoms with Gasteiger partial charge in [-0.25, -0.2) is 0 Å². The summed E-state index contributed by atoms with van der Waals surface area (Å²) in [6, 6.07) is 5.34. The molecule has 1 aromatic rings. The van der Waals surface area contributed by atoms with Gasteiger partial charge in [0.15, 0.2) is 0 Å². The highest BCUT2D eigenvalue weighted by atomic mass is 35.5. The molecule has 0 radical (unpaired) electrons. The largest absolute Gasteiger partial charge is 0.345 e. The van der Waals surface area contributed by atoms with E-state index in [4.69, 9.17) is 23.2 Å². The molecule has 5 heteroatoms. The minimum absolute atomic E-state index is 0.119. The Morgan fingerprint density at radius 1 is 1.40 bits per heavy atom. The van der Waals surface area contributed by atoms with Crippen molar-refractivity contribution < 1.29 is 4.79 Å². The van der Waals surface area contributed by atoms with Crippen molar-refractivity contribution in [3.05, 3.63) is 33.8 Å². The molecule has 1 fully saturated rings. The molecule has 1 aliphatic heterocycles. The lowest BCUT2D eigenvalue weighted by atomic mass is 9.99. The summed E-state index contributed by atoms with van der Waals surface area (Å²) in [5.41, 5.74) is 0.901. The van der Waals surface area contributed by atoms with Crippen molar-refractivity contribution in [3.8, 4) is 0 Å². The third kappa shape index (κ3) is 4.37. The fourth-order valence-electron chi connectivity index (χ4n) is 2.53. The Kier molecular flexibility index (Phi) is 5.70. The average molecular weight is 315 g/mol. The first-order valence-corrected chi connectivity index (χ1v) is 7.70. The van der Waals surface area contributed by atoms with E-state index in [0.717, 1.165) is 25.2 Å². The van der Waals surface area contributed by atoms with Crippen LogP contribution in [0.5, 0.6) is 0 Å². The summed E-state index contributed by atoms with van der Waals surface area (Å²) in [5.74, 6) is 0.681. The van der Waals surface area contributed by atoms with E-state index in [-0.39, 0.29) is 5.91 Å². The summed E-state index contributed by atoms with van der Waals surface area (Å²) in [4.78, 5) is 14.0. The highest BCUT2D eigenvalue weighted by molar-refractivity contribution is 6.42. The van der Waals surface area contributed by atoms with Crippen molar-refractivity contribution in [3.63, 3.8) is 0 Å². The first-order chi connectivity index (χ1) is 9.56. The van der Waals surface area contributed by atoms with Crippen LogP contribution in [0, 0.1) is 5.92 Å². The third-order valence-corrected chi connectivity index (χ3v) is 4.44. The number of benzene rings is 1. The van der Waals surface area contributed by atoms with Gasteiger partial charge in [-0.2, -0.15) is 0 Å². The standard InChI is InChI=1S/C15H20Cl2N2O/c1-19(10-12-3-2-6-18-9-12)15(20)8-11-4-5-13(16)14(17)7-11/h4-5,7,12,18H,2-3,6,8-10H2,1H3. The predicted molar refractivity (Wildman–Crippen MR) is 83.4 cm³/mol. The van der Waals surface area contributed by atoms with Gasteiger partial charge >= 0.3 is 0 Å². The molecule has 0 bridgehead atoms. The number of hydrogen-bond donors (Lipinski definition) is 1. The van der Waals surface area contributed by atoms with Crippen molar-refractivity contribution >= 4 is 29.1 Å². The Morgan fingerprint density at radius 3 is 2.85 bits per heavy atom. The number of amides is 1. The van der Waals surface area contributed by atoms with Crippen molar-refractivity contribution in [1.29, 1.82) is 0 Å². The molecular weight excluding hydrogens is 295 g/mol. The van der Waals surface area contributed by atoms with E-state index in [1.807, 2.05) is 18.0 Å². The number of nitrogens with zero attached hydrogens (tertiary/aromatic N) is 1. The number of carbonyl (C=O) groups is 1. The van der Waals surface area contributed by atoms with Gasteiger partial charge in [0.2, 0.25) is 5.91 Å². The molecule has 1 atom stereocenters. The van der Waals surface area contributed by atoms with Gasteiger partial charge in [0.25, 0.3) is 0 Å². The number of hydrogen-bond acceptors (Lipinski definition) is 2. The number of rotatable bonds is 4. The van der Waals surface area contributed by atoms with Crippen molar-refractivity contribution in [2.75, 3.05) is 26.7 Å². The van der Waals surface area contributed by atoms with Crippen LogP contribution in [0.15, 0.2) is 18.2 Å². The van der Waals surface area contributed by atoms with Gasteiger partial charge in [0, 0.05) is 13.6 Å². The number of piperidine rings is 1. The van der Waals surface area contributed by atoms with Gasteiger partial charge in [0.05, 0.1) is 16.5 Å². The van der Waals surface area contributed by atoms with Crippen LogP contribution in [0.4, 0.5) is 0 Å². The van der Waals surface area contributed by atoms with Crippen LogP contribution < -0.4 is 5.32 Å². The predicted octanol–water partition coefficient (Wildman–Crippen LogP) is 2.99. The van der Waals surface area contributed by atoms with Gasteiger partial charge in [0.1, 0.15) is 0 Å². The normalized spacial score (nSPS) is 18.9. The fraction of sp³-hybridized carbons (Fsp3) is 0.533. The maximum atomic E-state index is 12.2. The van der Waals surface area contributed by atoms with Gasteiger partial charge < -0.3 is 10.2 Å². The zero-order valence-corrected chi connectivity index (χ0v) is 13.2. The molecular formula is C15H20Cl2N2O. The molecule has 3 nitrogen and oxygen atoms in total. The number of likely N-dealkylation sites (N-methyl/N-ethyl adjacent to an activating group) is 1. The molecule has 2 rings (SSSR count). The van der Waals surface area contributed by atoms with Gasteiger partial charge in [-0.15, -0.1) is 0 Å². The summed E-state index contributed by atoms with van der Waals surface area (Å²) in [7, 11) is 1.87. The van der Waals surface area contributed by atoms with E-state index in [1.54, 1.807) is 12.1 Å². The van der Waals surface area contributed by atoms with E-state index < -0.39 is 0 Å². The zero-order valence-electron chi connectivity index (χ0n) is 11.7. The molecule has 0 aliphatic carbocycles. The van der Waals surface area contributed by atoms with E-state index in [0.29, 0.717) is 22.4 Å². The third-order valence-electron chi connectivity index (χ3n) is 3.70. The van der Waals surface area contributed by atoms with Crippen LogP contribution in [0.1, 0.15) is 18.4 Å². The van der Waals surface area contributed by atoms with Crippen LogP contribution in [-0.4, -0.2) is 37.5 Å². The molecule has 1 aromatic carbocycles. The lowest BCUT2D eigenvalue weighted by Gasteiger charge is -2.27. The monoisotopic (exact) mass is 314 g/mol. The molecule has 20 heavy (non-hydrogen) atoms. The first kappa shape index (κ1) is 15.6. The van der Waals surface area contributed by atoms with E-state index in [2.05, 4.69) is 5.32 Å². The summed E-state index contributed by atoms with van der Waals surface area (Å²) in [5, 5.41) is 4.39. The summed E-state index contributed by atoms with van der Waals surface area (Å²) in [6.07, 6.45) is 2.75. The smallest absolute Gasteiger partial charge is 0.226 e. The highest BCUT2D eigenvalue weighted by Gasteiger charge is 2.18. The minimum Gasteiger partial charge on any atom is -0.345 e. The molecule has 110 valence electrons. The minimum atomic E-state index is 0.119. The first-order valence-electron chi connectivity index (χ1n) is 6.95. The van der Waals surface area contributed by atoms with Crippen molar-refractivity contribution in [2.24, 2.45) is 5.92 Å². The van der Waals surface area contributed by atoms with E-state index in [9.17, 15) is 4.79 Å². The number of halogens is 2. The van der Waals surface area contributed by atoms with Crippen molar-refractivity contribution in [2.45, 2.75) is 19.3 Å². The molecule has 1 amide bonds. The Morgan fingerprint density at radius 2 is 2.20 bits per heavy atom. The Balaban J connectivity index is 1.88. The molecule has 0 aromatic heterocycles. The molecule has 0 spiro atoms. The second-order valence-corrected chi connectivity index (χ2v) is 6.23. The second kappa shape index (κ2) is 7.30. The lowest BCUT2D eigenvalue weighted by molar-refractivity contribution is -0.129. The molecule has 0 saturated carbocycles. The second-order valence-electron chi connectivity index (χ2n) is 5.41. The Bertz CT molecular complexity index is 473. The van der Waals surface area contributed by atoms with Gasteiger partial charge in [-0.1, -0.05) is 29.3 Å². The quantitative estimate of drug-likeness (QED) is 0.926. The number of carbonyl (C=O) groups excluding carboxylic acids is 1. The summed E-state index contributed by atoms with van der Waals surface area (Å²) >= 11 is 11.8. The highest BCUT2D eigenvalue weighted by Crippen LogP contribution is 2.23. The Hall–Kier alpha value is -0.770.